The molecule has 0 radical (unpaired) electrons. The molecule has 1 N–H and O–H groups in total. The third kappa shape index (κ3) is 5.33. The highest BCUT2D eigenvalue weighted by Gasteiger charge is 2.32. The Hall–Kier alpha value is -3.14. The molecule has 2 aliphatic heterocycles. The maximum absolute atomic E-state index is 13.6. The molecule has 0 bridgehead atoms. The minimum absolute atomic E-state index is 0.100. The molecule has 1 aromatic carbocycles. The first kappa shape index (κ1) is 24.5. The predicted molar refractivity (Wildman–Crippen MR) is 133 cm³/mol. The van der Waals surface area contributed by atoms with Crippen LogP contribution in [0.1, 0.15) is 51.7 Å². The fraction of sp³-hybridized carbons (Fsp3) is 0.481. The van der Waals surface area contributed by atoms with Crippen LogP contribution in [0, 0.1) is 0 Å². The number of rotatable bonds is 8. The van der Waals surface area contributed by atoms with E-state index in [0.717, 1.165) is 59.9 Å². The number of aromatic nitrogens is 2. The normalized spacial score (nSPS) is 18.3. The van der Waals surface area contributed by atoms with Crippen molar-refractivity contribution in [2.24, 2.45) is 0 Å². The summed E-state index contributed by atoms with van der Waals surface area (Å²) in [6.07, 6.45) is 1.84. The molecule has 3 aromatic rings. The summed E-state index contributed by atoms with van der Waals surface area (Å²) in [7, 11) is 3.31. The SMILES string of the molecule is COCc1ccc(CN2CCc3c(c(C(=O)N4CCCC(O)C4)nn3Cc3cccc(OC)c3)C2)o1. The predicted octanol–water partition coefficient (Wildman–Crippen LogP) is 2.83. The Bertz CT molecular complexity index is 1200. The highest BCUT2D eigenvalue weighted by atomic mass is 16.5. The molecule has 0 saturated carbocycles. The van der Waals surface area contributed by atoms with Gasteiger partial charge >= 0.3 is 0 Å². The fourth-order valence-electron chi connectivity index (χ4n) is 5.16. The van der Waals surface area contributed by atoms with Gasteiger partial charge in [0.15, 0.2) is 5.69 Å². The number of furan rings is 1. The second kappa shape index (κ2) is 10.9. The second-order valence-corrected chi connectivity index (χ2v) is 9.59. The third-order valence-corrected chi connectivity index (χ3v) is 6.95. The van der Waals surface area contributed by atoms with Crippen molar-refractivity contribution in [3.63, 3.8) is 0 Å². The molecule has 5 rings (SSSR count). The van der Waals surface area contributed by atoms with Crippen LogP contribution in [-0.2, 0) is 37.4 Å². The van der Waals surface area contributed by atoms with Gasteiger partial charge in [-0.3, -0.25) is 14.4 Å². The van der Waals surface area contributed by atoms with Crippen LogP contribution in [0.25, 0.3) is 0 Å². The first-order valence-corrected chi connectivity index (χ1v) is 12.5. The lowest BCUT2D eigenvalue weighted by Gasteiger charge is -2.30. The first-order valence-electron chi connectivity index (χ1n) is 12.5. The molecule has 0 aliphatic carbocycles. The average Bonchev–Trinajstić information content (AvgIpc) is 3.48. The quantitative estimate of drug-likeness (QED) is 0.515. The lowest BCUT2D eigenvalue weighted by Crippen LogP contribution is -2.43. The van der Waals surface area contributed by atoms with E-state index in [1.165, 1.54) is 0 Å². The maximum atomic E-state index is 13.6. The zero-order chi connectivity index (χ0) is 25.1. The van der Waals surface area contributed by atoms with Crippen LogP contribution in [0.5, 0.6) is 5.75 Å². The number of aliphatic hydroxyl groups excluding tert-OH is 1. The zero-order valence-corrected chi connectivity index (χ0v) is 21.0. The minimum Gasteiger partial charge on any atom is -0.497 e. The third-order valence-electron chi connectivity index (χ3n) is 6.95. The van der Waals surface area contributed by atoms with Gasteiger partial charge in [-0.05, 0) is 42.7 Å². The van der Waals surface area contributed by atoms with E-state index in [9.17, 15) is 9.90 Å². The summed E-state index contributed by atoms with van der Waals surface area (Å²) >= 11 is 0. The molecule has 2 aliphatic rings. The van der Waals surface area contributed by atoms with Gasteiger partial charge in [0, 0.05) is 51.0 Å². The average molecular weight is 495 g/mol. The van der Waals surface area contributed by atoms with E-state index in [2.05, 4.69) is 4.90 Å². The molecule has 1 unspecified atom stereocenters. The standard InChI is InChI=1S/C27H34N4O5/c1-34-18-23-9-8-22(36-23)16-29-12-10-25-24(17-29)26(27(33)30-11-4-6-20(32)15-30)28-31(25)14-19-5-3-7-21(13-19)35-2/h3,5,7-9,13,20,32H,4,6,10-12,14-18H2,1-2H3. The van der Waals surface area contributed by atoms with Gasteiger partial charge in [-0.2, -0.15) is 5.10 Å². The molecule has 1 fully saturated rings. The lowest BCUT2D eigenvalue weighted by atomic mass is 10.0. The largest absolute Gasteiger partial charge is 0.497 e. The summed E-state index contributed by atoms with van der Waals surface area (Å²) in [4.78, 5) is 17.6. The zero-order valence-electron chi connectivity index (χ0n) is 21.0. The minimum atomic E-state index is -0.478. The lowest BCUT2D eigenvalue weighted by molar-refractivity contribution is 0.0466. The number of carbonyl (C=O) groups excluding carboxylic acids is 1. The molecule has 4 heterocycles. The number of hydrogen-bond donors (Lipinski definition) is 1. The Labute approximate surface area is 211 Å². The summed E-state index contributed by atoms with van der Waals surface area (Å²) in [6, 6.07) is 11.9. The van der Waals surface area contributed by atoms with Gasteiger partial charge in [-0.25, -0.2) is 0 Å². The van der Waals surface area contributed by atoms with Crippen molar-refractivity contribution in [2.45, 2.75) is 51.6 Å². The number of piperidine rings is 1. The fourth-order valence-corrected chi connectivity index (χ4v) is 5.16. The van der Waals surface area contributed by atoms with Gasteiger partial charge < -0.3 is 23.9 Å². The highest BCUT2D eigenvalue weighted by Crippen LogP contribution is 2.27. The van der Waals surface area contributed by atoms with Crippen LogP contribution in [0.15, 0.2) is 40.8 Å². The van der Waals surface area contributed by atoms with Crippen LogP contribution >= 0.6 is 0 Å². The number of ether oxygens (including phenoxy) is 2. The second-order valence-electron chi connectivity index (χ2n) is 9.59. The van der Waals surface area contributed by atoms with Gasteiger partial charge in [0.1, 0.15) is 23.9 Å². The number of benzene rings is 1. The number of hydrogen-bond acceptors (Lipinski definition) is 7. The molecule has 192 valence electrons. The van der Waals surface area contributed by atoms with Gasteiger partial charge in [-0.1, -0.05) is 12.1 Å². The Balaban J connectivity index is 1.42. The molecule has 1 atom stereocenters. The summed E-state index contributed by atoms with van der Waals surface area (Å²) in [5.41, 5.74) is 3.62. The molecule has 1 saturated heterocycles. The Morgan fingerprint density at radius 3 is 2.83 bits per heavy atom. The highest BCUT2D eigenvalue weighted by molar-refractivity contribution is 5.94. The molecule has 9 nitrogen and oxygen atoms in total. The molecule has 0 spiro atoms. The smallest absolute Gasteiger partial charge is 0.274 e. The van der Waals surface area contributed by atoms with Gasteiger partial charge in [0.2, 0.25) is 0 Å². The Morgan fingerprint density at radius 2 is 2.03 bits per heavy atom. The molecule has 2 aromatic heterocycles. The van der Waals surface area contributed by atoms with Crippen molar-refractivity contribution in [3.8, 4) is 5.75 Å². The van der Waals surface area contributed by atoms with Crippen molar-refractivity contribution in [3.05, 3.63) is 70.4 Å². The molecule has 1 amide bonds. The van der Waals surface area contributed by atoms with Crippen LogP contribution in [0.3, 0.4) is 0 Å². The first-order chi connectivity index (χ1) is 17.5. The van der Waals surface area contributed by atoms with Crippen molar-refractivity contribution in [2.75, 3.05) is 33.9 Å². The number of aliphatic hydroxyl groups is 1. The summed E-state index contributed by atoms with van der Waals surface area (Å²) in [5.74, 6) is 2.37. The van der Waals surface area contributed by atoms with Crippen LogP contribution in [0.4, 0.5) is 0 Å². The number of fused-ring (bicyclic) bond motifs is 1. The van der Waals surface area contributed by atoms with E-state index in [-0.39, 0.29) is 5.91 Å². The Morgan fingerprint density at radius 1 is 1.17 bits per heavy atom. The number of carbonyl (C=O) groups is 1. The van der Waals surface area contributed by atoms with E-state index in [1.54, 1.807) is 19.1 Å². The molecule has 36 heavy (non-hydrogen) atoms. The van der Waals surface area contributed by atoms with Crippen molar-refractivity contribution >= 4 is 5.91 Å². The van der Waals surface area contributed by atoms with E-state index in [0.29, 0.717) is 45.0 Å². The maximum Gasteiger partial charge on any atom is 0.274 e. The van der Waals surface area contributed by atoms with Crippen molar-refractivity contribution < 1.29 is 23.8 Å². The van der Waals surface area contributed by atoms with E-state index in [1.807, 2.05) is 41.1 Å². The number of nitrogens with zero attached hydrogens (tertiary/aromatic N) is 4. The van der Waals surface area contributed by atoms with Gasteiger partial charge in [0.25, 0.3) is 5.91 Å². The van der Waals surface area contributed by atoms with E-state index in [4.69, 9.17) is 19.0 Å². The van der Waals surface area contributed by atoms with Crippen LogP contribution in [0.2, 0.25) is 0 Å². The molecular weight excluding hydrogens is 460 g/mol. The van der Waals surface area contributed by atoms with E-state index < -0.39 is 6.10 Å². The monoisotopic (exact) mass is 494 g/mol. The summed E-state index contributed by atoms with van der Waals surface area (Å²) in [6.45, 7) is 4.12. The number of methoxy groups -OCH3 is 2. The number of likely N-dealkylation sites (tertiary alicyclic amines) is 1. The summed E-state index contributed by atoms with van der Waals surface area (Å²) < 4.78 is 18.4. The molecular formula is C27H34N4O5. The van der Waals surface area contributed by atoms with Crippen molar-refractivity contribution in [1.82, 2.24) is 19.6 Å². The number of β-amino-alcohol motifs (C(OH)–C–C–N with tert-alkyl or cyclic N) is 1. The topological polar surface area (TPSA) is 93.2 Å². The van der Waals surface area contributed by atoms with E-state index >= 15 is 0 Å². The molecule has 9 heteroatoms. The number of amides is 1. The van der Waals surface area contributed by atoms with Crippen LogP contribution < -0.4 is 4.74 Å². The Kier molecular flexibility index (Phi) is 7.41. The van der Waals surface area contributed by atoms with Crippen molar-refractivity contribution in [1.29, 1.82) is 0 Å². The van der Waals surface area contributed by atoms with Gasteiger partial charge in [-0.15, -0.1) is 0 Å². The van der Waals surface area contributed by atoms with Gasteiger partial charge in [0.05, 0.1) is 26.3 Å². The summed E-state index contributed by atoms with van der Waals surface area (Å²) in [5, 5.41) is 15.0. The van der Waals surface area contributed by atoms with Crippen LogP contribution in [-0.4, -0.2) is 70.6 Å².